The molecule has 0 saturated carbocycles. The third kappa shape index (κ3) is 3.65. The second-order valence-electron chi connectivity index (χ2n) is 6.28. The third-order valence-corrected chi connectivity index (χ3v) is 4.95. The van der Waals surface area contributed by atoms with Crippen molar-refractivity contribution in [2.75, 3.05) is 16.8 Å². The van der Waals surface area contributed by atoms with Crippen molar-refractivity contribution >= 4 is 46.4 Å². The van der Waals surface area contributed by atoms with Gasteiger partial charge in [-0.25, -0.2) is 0 Å². The monoisotopic (exact) mass is 376 g/mol. The van der Waals surface area contributed by atoms with Crippen molar-refractivity contribution in [3.63, 3.8) is 0 Å². The van der Waals surface area contributed by atoms with Crippen LogP contribution < -0.4 is 10.2 Å². The van der Waals surface area contributed by atoms with Crippen LogP contribution in [0.2, 0.25) is 10.0 Å². The largest absolute Gasteiger partial charge is 0.326 e. The smallest absolute Gasteiger partial charge is 0.229 e. The summed E-state index contributed by atoms with van der Waals surface area (Å²) in [6.07, 6.45) is 0.137. The number of amides is 2. The maximum Gasteiger partial charge on any atom is 0.229 e. The van der Waals surface area contributed by atoms with E-state index in [2.05, 4.69) is 5.32 Å². The maximum atomic E-state index is 12.6. The number of para-hydroxylation sites is 1. The highest BCUT2D eigenvalue weighted by atomic mass is 35.5. The molecular weight excluding hydrogens is 359 g/mol. The summed E-state index contributed by atoms with van der Waals surface area (Å²) in [4.78, 5) is 26.5. The number of nitrogens with one attached hydrogen (secondary N) is 1. The highest BCUT2D eigenvalue weighted by Gasteiger charge is 2.36. The molecule has 25 heavy (non-hydrogen) atoms. The van der Waals surface area contributed by atoms with Crippen LogP contribution in [0.4, 0.5) is 11.4 Å². The van der Waals surface area contributed by atoms with Gasteiger partial charge in [0, 0.05) is 18.7 Å². The first kappa shape index (κ1) is 17.8. The summed E-state index contributed by atoms with van der Waals surface area (Å²) in [6.45, 7) is 4.21. The summed E-state index contributed by atoms with van der Waals surface area (Å²) < 4.78 is 0. The molecule has 0 spiro atoms. The summed E-state index contributed by atoms with van der Waals surface area (Å²) in [5, 5.41) is 3.72. The SMILES string of the molecule is Cc1ccc(NC(=O)C2CC(=O)N(c3c(Cl)cccc3Cl)C2)c(C)c1. The van der Waals surface area contributed by atoms with Crippen LogP contribution in [0.5, 0.6) is 0 Å². The van der Waals surface area contributed by atoms with Gasteiger partial charge in [-0.05, 0) is 37.6 Å². The zero-order valence-electron chi connectivity index (χ0n) is 14.0. The Balaban J connectivity index is 1.77. The van der Waals surface area contributed by atoms with Crippen LogP contribution >= 0.6 is 23.2 Å². The molecule has 2 aromatic rings. The Morgan fingerprint density at radius 2 is 1.84 bits per heavy atom. The molecule has 6 heteroatoms. The van der Waals surface area contributed by atoms with Crippen LogP contribution in [0.1, 0.15) is 17.5 Å². The fourth-order valence-corrected chi connectivity index (χ4v) is 3.64. The van der Waals surface area contributed by atoms with E-state index in [0.29, 0.717) is 15.7 Å². The van der Waals surface area contributed by atoms with Gasteiger partial charge in [0.05, 0.1) is 21.7 Å². The van der Waals surface area contributed by atoms with Crippen LogP contribution in [0.3, 0.4) is 0 Å². The van der Waals surface area contributed by atoms with Gasteiger partial charge in [-0.15, -0.1) is 0 Å². The Morgan fingerprint density at radius 3 is 2.48 bits per heavy atom. The molecule has 1 aliphatic rings. The van der Waals surface area contributed by atoms with E-state index < -0.39 is 5.92 Å². The van der Waals surface area contributed by atoms with E-state index in [1.807, 2.05) is 32.0 Å². The number of rotatable bonds is 3. The molecule has 0 radical (unpaired) electrons. The summed E-state index contributed by atoms with van der Waals surface area (Å²) >= 11 is 12.4. The highest BCUT2D eigenvalue weighted by molar-refractivity contribution is 6.40. The molecule has 4 nitrogen and oxygen atoms in total. The maximum absolute atomic E-state index is 12.6. The summed E-state index contributed by atoms with van der Waals surface area (Å²) in [6, 6.07) is 10.9. The van der Waals surface area contributed by atoms with Crippen molar-refractivity contribution < 1.29 is 9.59 Å². The number of aryl methyl sites for hydroxylation is 2. The van der Waals surface area contributed by atoms with Crippen molar-refractivity contribution in [3.8, 4) is 0 Å². The Kier molecular flexibility index (Phi) is 5.02. The lowest BCUT2D eigenvalue weighted by Crippen LogP contribution is -2.28. The molecule has 2 aromatic carbocycles. The minimum absolute atomic E-state index is 0.137. The van der Waals surface area contributed by atoms with Crippen LogP contribution in [0.25, 0.3) is 0 Å². The first-order valence-corrected chi connectivity index (χ1v) is 8.75. The third-order valence-electron chi connectivity index (χ3n) is 4.34. The van der Waals surface area contributed by atoms with Gasteiger partial charge < -0.3 is 10.2 Å². The summed E-state index contributed by atoms with van der Waals surface area (Å²) in [5.74, 6) is -0.776. The Hall–Kier alpha value is -2.04. The van der Waals surface area contributed by atoms with E-state index in [9.17, 15) is 9.59 Å². The normalized spacial score (nSPS) is 17.0. The second kappa shape index (κ2) is 7.06. The summed E-state index contributed by atoms with van der Waals surface area (Å²) in [7, 11) is 0. The predicted octanol–water partition coefficient (Wildman–Crippen LogP) is 4.60. The first-order chi connectivity index (χ1) is 11.9. The van der Waals surface area contributed by atoms with Gasteiger partial charge in [0.2, 0.25) is 11.8 Å². The number of carbonyl (C=O) groups is 2. The van der Waals surface area contributed by atoms with Crippen LogP contribution in [0, 0.1) is 19.8 Å². The number of anilines is 2. The van der Waals surface area contributed by atoms with E-state index >= 15 is 0 Å². The lowest BCUT2D eigenvalue weighted by molar-refractivity contribution is -0.122. The predicted molar refractivity (Wildman–Crippen MR) is 101 cm³/mol. The number of hydrogen-bond donors (Lipinski definition) is 1. The number of nitrogens with zero attached hydrogens (tertiary/aromatic N) is 1. The molecule has 1 unspecified atom stereocenters. The number of benzene rings is 2. The van der Waals surface area contributed by atoms with E-state index in [4.69, 9.17) is 23.2 Å². The van der Waals surface area contributed by atoms with Gasteiger partial charge in [0.1, 0.15) is 0 Å². The van der Waals surface area contributed by atoms with E-state index in [1.54, 1.807) is 18.2 Å². The topological polar surface area (TPSA) is 49.4 Å². The van der Waals surface area contributed by atoms with Gasteiger partial charge in [-0.3, -0.25) is 9.59 Å². The molecule has 1 fully saturated rings. The molecule has 0 bridgehead atoms. The minimum Gasteiger partial charge on any atom is -0.326 e. The Morgan fingerprint density at radius 1 is 1.16 bits per heavy atom. The molecular formula is C19H18Cl2N2O2. The zero-order chi connectivity index (χ0) is 18.1. The van der Waals surface area contributed by atoms with Gasteiger partial charge in [-0.1, -0.05) is 47.0 Å². The molecule has 130 valence electrons. The molecule has 2 amide bonds. The van der Waals surface area contributed by atoms with Crippen LogP contribution in [-0.4, -0.2) is 18.4 Å². The van der Waals surface area contributed by atoms with Crippen LogP contribution in [-0.2, 0) is 9.59 Å². The van der Waals surface area contributed by atoms with Crippen molar-refractivity contribution in [2.24, 2.45) is 5.92 Å². The minimum atomic E-state index is -0.444. The van der Waals surface area contributed by atoms with Crippen LogP contribution in [0.15, 0.2) is 36.4 Å². The van der Waals surface area contributed by atoms with Gasteiger partial charge >= 0.3 is 0 Å². The molecule has 1 N–H and O–H groups in total. The lowest BCUT2D eigenvalue weighted by atomic mass is 10.1. The van der Waals surface area contributed by atoms with Gasteiger partial charge in [-0.2, -0.15) is 0 Å². The fourth-order valence-electron chi connectivity index (χ4n) is 3.03. The molecule has 1 heterocycles. The van der Waals surface area contributed by atoms with E-state index in [0.717, 1.165) is 16.8 Å². The lowest BCUT2D eigenvalue weighted by Gasteiger charge is -2.19. The highest BCUT2D eigenvalue weighted by Crippen LogP contribution is 2.37. The Labute approximate surface area is 156 Å². The van der Waals surface area contributed by atoms with Crippen molar-refractivity contribution in [3.05, 3.63) is 57.6 Å². The number of halogens is 2. The molecule has 0 aliphatic carbocycles. The van der Waals surface area contributed by atoms with Crippen molar-refractivity contribution in [1.29, 1.82) is 0 Å². The summed E-state index contributed by atoms with van der Waals surface area (Å²) in [5.41, 5.74) is 3.35. The second-order valence-corrected chi connectivity index (χ2v) is 7.10. The van der Waals surface area contributed by atoms with E-state index in [1.165, 1.54) is 4.90 Å². The average molecular weight is 377 g/mol. The van der Waals surface area contributed by atoms with Gasteiger partial charge in [0.15, 0.2) is 0 Å². The quantitative estimate of drug-likeness (QED) is 0.850. The van der Waals surface area contributed by atoms with Gasteiger partial charge in [0.25, 0.3) is 0 Å². The standard InChI is InChI=1S/C19H18Cl2N2O2/c1-11-6-7-16(12(2)8-11)22-19(25)13-9-17(24)23(10-13)18-14(20)4-3-5-15(18)21/h3-8,13H,9-10H2,1-2H3,(H,22,25). The molecule has 0 aromatic heterocycles. The molecule has 1 saturated heterocycles. The first-order valence-electron chi connectivity index (χ1n) is 7.99. The average Bonchev–Trinajstić information content (AvgIpc) is 2.92. The van der Waals surface area contributed by atoms with E-state index in [-0.39, 0.29) is 24.8 Å². The molecule has 1 atom stereocenters. The molecule has 1 aliphatic heterocycles. The number of carbonyl (C=O) groups excluding carboxylic acids is 2. The van der Waals surface area contributed by atoms with Crippen molar-refractivity contribution in [1.82, 2.24) is 0 Å². The van der Waals surface area contributed by atoms with Crippen molar-refractivity contribution in [2.45, 2.75) is 20.3 Å². The fraction of sp³-hybridized carbons (Fsp3) is 0.263. The number of hydrogen-bond acceptors (Lipinski definition) is 2. The zero-order valence-corrected chi connectivity index (χ0v) is 15.5. The molecule has 3 rings (SSSR count). The Bertz CT molecular complexity index is 831.